The minimum Gasteiger partial charge on any atom is -0.344 e. The van der Waals surface area contributed by atoms with Gasteiger partial charge in [0, 0.05) is 130 Å². The molecule has 0 spiro atoms. The first-order valence-corrected chi connectivity index (χ1v) is 32.8. The van der Waals surface area contributed by atoms with Crippen molar-refractivity contribution in [3.63, 3.8) is 0 Å². The summed E-state index contributed by atoms with van der Waals surface area (Å²) in [4.78, 5) is 100. The van der Waals surface area contributed by atoms with Crippen LogP contribution in [0.25, 0.3) is 0 Å². The lowest BCUT2D eigenvalue weighted by atomic mass is 10.1. The third-order valence-corrected chi connectivity index (χ3v) is 16.3. The van der Waals surface area contributed by atoms with E-state index < -0.39 is 0 Å². The minimum absolute atomic E-state index is 0.181. The highest BCUT2D eigenvalue weighted by molar-refractivity contribution is 5.95. The second-order valence-electron chi connectivity index (χ2n) is 24.4. The third kappa shape index (κ3) is 21.6. The van der Waals surface area contributed by atoms with Gasteiger partial charge in [-0.2, -0.15) is 0 Å². The summed E-state index contributed by atoms with van der Waals surface area (Å²) in [6.07, 6.45) is 0. The molecule has 3 aromatic heterocycles. The first-order chi connectivity index (χ1) is 47.9. The Hall–Kier alpha value is -11.9. The minimum atomic E-state index is -0.360. The molecule has 18 heteroatoms. The predicted octanol–water partition coefficient (Wildman–Crippen LogP) is 11.2. The molecule has 1 saturated heterocycles. The molecule has 1 aliphatic heterocycles. The van der Waals surface area contributed by atoms with Gasteiger partial charge in [-0.05, 0) is 147 Å². The number of anilines is 3. The number of hydrogen-bond donors (Lipinski definition) is 6. The zero-order valence-corrected chi connectivity index (χ0v) is 56.3. The maximum absolute atomic E-state index is 14.3. The number of hydrogen-bond acceptors (Lipinski definition) is 12. The SMILES string of the molecule is CC(=O)Nc1ccc(C#Cc2cc(CN3CCN(Cc4cc(C#Cc5ccc(NC(C)=O)cc5)cc(C(=O)N[C@@H](C)c5ccccc5)n4)CCN(Cc4cc(C#Cc5ccc(NC(C)=O)cc5)cc(C(=O)N[C@@H](C)c5ccccc5)n4)CC3)nc(C(=O)N[C@@H](C)c3ccccc3)c2)cc1. The van der Waals surface area contributed by atoms with E-state index >= 15 is 0 Å². The standard InChI is InChI=1S/C81H78N12O6/c1-55(67-16-10-7-11-17-67)82-79(97)76-49-64(25-22-61-28-34-70(35-29-61)85-58(4)94)46-73(88-76)52-91-40-42-92(53-74-47-65(26-23-62-30-36-71(37-31-62)86-59(5)95)50-77(89-74)80(98)83-56(2)68-18-12-8-13-19-68)44-45-93(43-41-91)54-75-48-66(27-24-63-32-38-72(39-33-63)87-60(6)96)51-78(90-75)81(99)84-57(3)69-20-14-9-15-21-69/h7-21,28-39,46-51,55-57H,40-45,52-54H2,1-6H3,(H,82,97)(H,83,98)(H,84,99)(H,85,94)(H,86,95)(H,87,96)/t55-,56-,57-/m0/s1. The van der Waals surface area contributed by atoms with Gasteiger partial charge < -0.3 is 31.9 Å². The Morgan fingerprint density at radius 3 is 0.798 bits per heavy atom. The van der Waals surface area contributed by atoms with Gasteiger partial charge in [-0.1, -0.05) is 127 Å². The number of carbonyl (C=O) groups excluding carboxylic acids is 6. The van der Waals surface area contributed by atoms with Crippen LogP contribution in [0.2, 0.25) is 0 Å². The molecule has 0 aliphatic carbocycles. The van der Waals surface area contributed by atoms with Gasteiger partial charge in [0.2, 0.25) is 17.7 Å². The smallest absolute Gasteiger partial charge is 0.270 e. The van der Waals surface area contributed by atoms with Crippen molar-refractivity contribution in [1.29, 1.82) is 0 Å². The van der Waals surface area contributed by atoms with E-state index in [1.54, 1.807) is 54.6 Å². The Morgan fingerprint density at radius 1 is 0.333 bits per heavy atom. The molecule has 3 atom stereocenters. The van der Waals surface area contributed by atoms with Crippen molar-refractivity contribution in [3.8, 4) is 35.5 Å². The van der Waals surface area contributed by atoms with Crippen molar-refractivity contribution in [3.05, 3.63) is 284 Å². The molecule has 1 fully saturated rings. The highest BCUT2D eigenvalue weighted by Crippen LogP contribution is 2.21. The van der Waals surface area contributed by atoms with Crippen LogP contribution in [-0.2, 0) is 34.0 Å². The summed E-state index contributed by atoms with van der Waals surface area (Å²) in [5.41, 5.74) is 11.1. The van der Waals surface area contributed by atoms with Crippen LogP contribution in [-0.4, -0.2) is 104 Å². The maximum atomic E-state index is 14.3. The van der Waals surface area contributed by atoms with Crippen LogP contribution < -0.4 is 31.9 Å². The normalized spacial score (nSPS) is 13.4. The van der Waals surface area contributed by atoms with Crippen molar-refractivity contribution >= 4 is 52.5 Å². The molecular formula is C81H78N12O6. The number of benzene rings is 6. The molecule has 0 unspecified atom stereocenters. The summed E-state index contributed by atoms with van der Waals surface area (Å²) in [6, 6.07) is 60.7. The molecule has 1 aliphatic rings. The Labute approximate surface area is 578 Å². The van der Waals surface area contributed by atoms with Crippen LogP contribution in [0.4, 0.5) is 17.1 Å². The maximum Gasteiger partial charge on any atom is 0.270 e. The lowest BCUT2D eigenvalue weighted by Gasteiger charge is -2.26. The molecular weight excluding hydrogens is 1240 g/mol. The molecule has 4 heterocycles. The number of nitrogens with zero attached hydrogens (tertiary/aromatic N) is 6. The van der Waals surface area contributed by atoms with Crippen LogP contribution in [0, 0.1) is 35.5 Å². The van der Waals surface area contributed by atoms with Crippen LogP contribution in [0.5, 0.6) is 0 Å². The monoisotopic (exact) mass is 1310 g/mol. The molecule has 6 N–H and O–H groups in total. The lowest BCUT2D eigenvalue weighted by molar-refractivity contribution is -0.115. The summed E-state index contributed by atoms with van der Waals surface area (Å²) in [5.74, 6) is 18.0. The molecule has 0 saturated carbocycles. The average Bonchev–Trinajstić information content (AvgIpc) is 1.38. The second kappa shape index (κ2) is 34.2. The van der Waals surface area contributed by atoms with E-state index in [-0.39, 0.29) is 70.7 Å². The van der Waals surface area contributed by atoms with E-state index in [4.69, 9.17) is 15.0 Å². The fraction of sp³-hybridized carbons (Fsp3) is 0.222. The molecule has 0 bridgehead atoms. The summed E-state index contributed by atoms with van der Waals surface area (Å²) in [5, 5.41) is 17.8. The number of aromatic nitrogens is 3. The van der Waals surface area contributed by atoms with Gasteiger partial charge in [0.05, 0.1) is 35.2 Å². The van der Waals surface area contributed by atoms with Gasteiger partial charge in [-0.25, -0.2) is 15.0 Å². The highest BCUT2D eigenvalue weighted by atomic mass is 16.2. The van der Waals surface area contributed by atoms with E-state index in [2.05, 4.69) is 82.1 Å². The second-order valence-corrected chi connectivity index (χ2v) is 24.4. The third-order valence-electron chi connectivity index (χ3n) is 16.3. The quantitative estimate of drug-likeness (QED) is 0.0442. The van der Waals surface area contributed by atoms with Gasteiger partial charge in [0.15, 0.2) is 0 Å². The van der Waals surface area contributed by atoms with Gasteiger partial charge in [0.25, 0.3) is 17.7 Å². The van der Waals surface area contributed by atoms with E-state index in [9.17, 15) is 28.8 Å². The first kappa shape index (κ1) is 70.0. The van der Waals surface area contributed by atoms with Crippen LogP contribution in [0.3, 0.4) is 0 Å². The topological polar surface area (TPSA) is 223 Å². The number of pyridine rings is 3. The van der Waals surface area contributed by atoms with Crippen molar-refractivity contribution in [2.24, 2.45) is 0 Å². The van der Waals surface area contributed by atoms with Crippen molar-refractivity contribution < 1.29 is 28.8 Å². The molecule has 0 radical (unpaired) electrons. The fourth-order valence-corrected chi connectivity index (χ4v) is 11.2. The van der Waals surface area contributed by atoms with Crippen LogP contribution in [0.1, 0.15) is 158 Å². The summed E-state index contributed by atoms with van der Waals surface area (Å²) in [6.45, 7) is 14.4. The van der Waals surface area contributed by atoms with E-state index in [0.717, 1.165) is 16.7 Å². The molecule has 10 rings (SSSR count). The summed E-state index contributed by atoms with van der Waals surface area (Å²) in [7, 11) is 0. The van der Waals surface area contributed by atoms with Gasteiger partial charge in [0.1, 0.15) is 17.1 Å². The van der Waals surface area contributed by atoms with Crippen molar-refractivity contribution in [1.82, 2.24) is 45.6 Å². The Bertz CT molecular complexity index is 4080. The Kier molecular flexibility index (Phi) is 24.2. The molecule has 9 aromatic rings. The fourth-order valence-electron chi connectivity index (χ4n) is 11.2. The lowest BCUT2D eigenvalue weighted by Crippen LogP contribution is -2.36. The van der Waals surface area contributed by atoms with Crippen LogP contribution >= 0.6 is 0 Å². The van der Waals surface area contributed by atoms with E-state index in [1.165, 1.54) is 20.8 Å². The van der Waals surface area contributed by atoms with Crippen LogP contribution in [0.15, 0.2) is 200 Å². The largest absolute Gasteiger partial charge is 0.344 e. The molecule has 498 valence electrons. The predicted molar refractivity (Wildman–Crippen MR) is 386 cm³/mol. The summed E-state index contributed by atoms with van der Waals surface area (Å²) >= 11 is 0. The van der Waals surface area contributed by atoms with Crippen molar-refractivity contribution in [2.45, 2.75) is 79.3 Å². The Balaban J connectivity index is 1.00. The summed E-state index contributed by atoms with van der Waals surface area (Å²) < 4.78 is 0. The zero-order chi connectivity index (χ0) is 69.6. The molecule has 6 amide bonds. The first-order valence-electron chi connectivity index (χ1n) is 32.8. The van der Waals surface area contributed by atoms with E-state index in [0.29, 0.717) is 126 Å². The van der Waals surface area contributed by atoms with E-state index in [1.807, 2.05) is 166 Å². The average molecular weight is 1320 g/mol. The molecule has 18 nitrogen and oxygen atoms in total. The number of rotatable bonds is 18. The van der Waals surface area contributed by atoms with Gasteiger partial charge >= 0.3 is 0 Å². The van der Waals surface area contributed by atoms with Gasteiger partial charge in [-0.15, -0.1) is 0 Å². The van der Waals surface area contributed by atoms with Crippen molar-refractivity contribution in [2.75, 3.05) is 55.2 Å². The zero-order valence-electron chi connectivity index (χ0n) is 56.3. The number of carbonyl (C=O) groups is 6. The van der Waals surface area contributed by atoms with Gasteiger partial charge in [-0.3, -0.25) is 43.5 Å². The number of amides is 6. The molecule has 6 aromatic carbocycles. The highest BCUT2D eigenvalue weighted by Gasteiger charge is 2.23. The molecule has 99 heavy (non-hydrogen) atoms. The number of nitrogens with one attached hydrogen (secondary N) is 6. The Morgan fingerprint density at radius 2 is 0.566 bits per heavy atom.